The van der Waals surface area contributed by atoms with Crippen molar-refractivity contribution in [3.8, 4) is 0 Å². The maximum absolute atomic E-state index is 12.6. The maximum atomic E-state index is 12.6. The van der Waals surface area contributed by atoms with E-state index in [0.29, 0.717) is 23.2 Å². The Balaban J connectivity index is 2.03. The molecular weight excluding hydrogens is 288 g/mol. The van der Waals surface area contributed by atoms with Gasteiger partial charge in [0.2, 0.25) is 0 Å². The molecule has 1 spiro atoms. The molecular formula is C20H26O3. The summed E-state index contributed by atoms with van der Waals surface area (Å²) in [5.41, 5.74) is 1.50. The minimum absolute atomic E-state index is 0.231. The summed E-state index contributed by atoms with van der Waals surface area (Å²) in [6.07, 6.45) is 2.97. The highest BCUT2D eigenvalue weighted by Crippen LogP contribution is 2.49. The van der Waals surface area contributed by atoms with Gasteiger partial charge in [0.05, 0.1) is 5.57 Å². The SMILES string of the molecule is CC1=C(c2ccccc2)O[C@@]2(C[C@H](C)CC[C@H]2C(C)C)OC1=O. The third kappa shape index (κ3) is 2.89. The summed E-state index contributed by atoms with van der Waals surface area (Å²) in [5, 5.41) is 0. The van der Waals surface area contributed by atoms with Crippen LogP contribution in [0.15, 0.2) is 35.9 Å². The van der Waals surface area contributed by atoms with Crippen LogP contribution in [-0.2, 0) is 14.3 Å². The fourth-order valence-corrected chi connectivity index (χ4v) is 3.96. The molecule has 0 bridgehead atoms. The second kappa shape index (κ2) is 6.03. The smallest absolute Gasteiger partial charge is 0.340 e. The fraction of sp³-hybridized carbons (Fsp3) is 0.550. The lowest BCUT2D eigenvalue weighted by Crippen LogP contribution is -2.52. The van der Waals surface area contributed by atoms with Crippen LogP contribution in [0.25, 0.3) is 5.76 Å². The molecule has 0 saturated heterocycles. The highest BCUT2D eigenvalue weighted by Gasteiger charge is 2.52. The van der Waals surface area contributed by atoms with Gasteiger partial charge in [-0.3, -0.25) is 0 Å². The van der Waals surface area contributed by atoms with Crippen molar-refractivity contribution >= 4 is 11.7 Å². The largest absolute Gasteiger partial charge is 0.451 e. The monoisotopic (exact) mass is 314 g/mol. The number of carbonyl (C=O) groups excluding carboxylic acids is 1. The van der Waals surface area contributed by atoms with E-state index in [4.69, 9.17) is 9.47 Å². The number of benzene rings is 1. The predicted octanol–water partition coefficient (Wildman–Crippen LogP) is 4.78. The molecule has 1 aromatic rings. The Bertz CT molecular complexity index is 617. The van der Waals surface area contributed by atoms with Crippen LogP contribution in [0.2, 0.25) is 0 Å². The highest BCUT2D eigenvalue weighted by molar-refractivity contribution is 5.96. The van der Waals surface area contributed by atoms with Crippen LogP contribution < -0.4 is 0 Å². The van der Waals surface area contributed by atoms with Gasteiger partial charge < -0.3 is 9.47 Å². The van der Waals surface area contributed by atoms with Crippen LogP contribution in [0.4, 0.5) is 0 Å². The van der Waals surface area contributed by atoms with E-state index in [1.165, 1.54) is 0 Å². The number of hydrogen-bond donors (Lipinski definition) is 0. The molecule has 3 nitrogen and oxygen atoms in total. The molecule has 1 aliphatic carbocycles. The molecule has 1 heterocycles. The standard InChI is InChI=1S/C20H26O3/c1-13(2)17-11-10-14(3)12-20(17)22-18(15(4)19(21)23-20)16-8-6-5-7-9-16/h5-9,13-14,17H,10-12H2,1-4H3/t14-,17+,20+/m1/s1. The molecule has 0 aromatic heterocycles. The first-order chi connectivity index (χ1) is 10.9. The van der Waals surface area contributed by atoms with E-state index in [0.717, 1.165) is 24.8 Å². The summed E-state index contributed by atoms with van der Waals surface area (Å²) in [7, 11) is 0. The van der Waals surface area contributed by atoms with Crippen LogP contribution in [0, 0.1) is 17.8 Å². The minimum atomic E-state index is -0.812. The Morgan fingerprint density at radius 1 is 1.13 bits per heavy atom. The minimum Gasteiger partial charge on any atom is -0.451 e. The van der Waals surface area contributed by atoms with E-state index >= 15 is 0 Å². The molecule has 124 valence electrons. The van der Waals surface area contributed by atoms with Crippen LogP contribution in [0.5, 0.6) is 0 Å². The second-order valence-electron chi connectivity index (χ2n) is 7.36. The lowest BCUT2D eigenvalue weighted by Gasteiger charge is -2.48. The molecule has 2 aliphatic rings. The van der Waals surface area contributed by atoms with Gasteiger partial charge in [0.1, 0.15) is 5.76 Å². The third-order valence-electron chi connectivity index (χ3n) is 5.20. The number of esters is 1. The van der Waals surface area contributed by atoms with Crippen LogP contribution in [0.1, 0.15) is 52.5 Å². The molecule has 23 heavy (non-hydrogen) atoms. The molecule has 3 rings (SSSR count). The van der Waals surface area contributed by atoms with Gasteiger partial charge in [-0.2, -0.15) is 0 Å². The lowest BCUT2D eigenvalue weighted by molar-refractivity contribution is -0.256. The Hall–Kier alpha value is -1.77. The van der Waals surface area contributed by atoms with Gasteiger partial charge in [-0.1, -0.05) is 51.1 Å². The number of hydrogen-bond acceptors (Lipinski definition) is 3. The Morgan fingerprint density at radius 3 is 2.48 bits per heavy atom. The maximum Gasteiger partial charge on any atom is 0.340 e. The summed E-state index contributed by atoms with van der Waals surface area (Å²) >= 11 is 0. The normalized spacial score (nSPS) is 31.3. The van der Waals surface area contributed by atoms with Gasteiger partial charge >= 0.3 is 5.97 Å². The van der Waals surface area contributed by atoms with E-state index in [9.17, 15) is 4.79 Å². The van der Waals surface area contributed by atoms with E-state index in [1.807, 2.05) is 30.3 Å². The molecule has 1 fully saturated rings. The first kappa shape index (κ1) is 16.1. The molecule has 0 N–H and O–H groups in total. The molecule has 0 radical (unpaired) electrons. The zero-order valence-electron chi connectivity index (χ0n) is 14.5. The van der Waals surface area contributed by atoms with Crippen molar-refractivity contribution in [3.05, 3.63) is 41.5 Å². The summed E-state index contributed by atoms with van der Waals surface area (Å²) in [5.74, 6) is 0.762. The summed E-state index contributed by atoms with van der Waals surface area (Å²) in [4.78, 5) is 12.6. The van der Waals surface area contributed by atoms with Gasteiger partial charge in [0.25, 0.3) is 5.79 Å². The highest BCUT2D eigenvalue weighted by atomic mass is 16.7. The first-order valence-corrected chi connectivity index (χ1v) is 8.61. The Morgan fingerprint density at radius 2 is 1.83 bits per heavy atom. The van der Waals surface area contributed by atoms with Crippen molar-refractivity contribution in [2.45, 2.75) is 52.7 Å². The van der Waals surface area contributed by atoms with Crippen LogP contribution in [0.3, 0.4) is 0 Å². The first-order valence-electron chi connectivity index (χ1n) is 8.61. The summed E-state index contributed by atoms with van der Waals surface area (Å²) < 4.78 is 12.4. The Kier molecular flexibility index (Phi) is 4.22. The predicted molar refractivity (Wildman–Crippen MR) is 90.3 cm³/mol. The van der Waals surface area contributed by atoms with Gasteiger partial charge in [-0.05, 0) is 31.6 Å². The molecule has 1 aromatic carbocycles. The van der Waals surface area contributed by atoms with Gasteiger partial charge in [0.15, 0.2) is 0 Å². The summed E-state index contributed by atoms with van der Waals surface area (Å²) in [6, 6.07) is 9.88. The van der Waals surface area contributed by atoms with Crippen LogP contribution in [-0.4, -0.2) is 11.8 Å². The van der Waals surface area contributed by atoms with Crippen molar-refractivity contribution in [2.24, 2.45) is 17.8 Å². The molecule has 0 amide bonds. The van der Waals surface area contributed by atoms with E-state index in [-0.39, 0.29) is 11.9 Å². The van der Waals surface area contributed by atoms with Crippen molar-refractivity contribution in [1.82, 2.24) is 0 Å². The van der Waals surface area contributed by atoms with Gasteiger partial charge in [-0.25, -0.2) is 4.79 Å². The average molecular weight is 314 g/mol. The average Bonchev–Trinajstić information content (AvgIpc) is 2.51. The number of rotatable bonds is 2. The summed E-state index contributed by atoms with van der Waals surface area (Å²) in [6.45, 7) is 8.37. The second-order valence-corrected chi connectivity index (χ2v) is 7.36. The quantitative estimate of drug-likeness (QED) is 0.737. The number of ether oxygens (including phenoxy) is 2. The third-order valence-corrected chi connectivity index (χ3v) is 5.20. The lowest BCUT2D eigenvalue weighted by atomic mass is 9.72. The topological polar surface area (TPSA) is 35.5 Å². The van der Waals surface area contributed by atoms with Crippen LogP contribution >= 0.6 is 0 Å². The molecule has 3 atom stereocenters. The van der Waals surface area contributed by atoms with Gasteiger partial charge in [-0.15, -0.1) is 0 Å². The van der Waals surface area contributed by atoms with E-state index in [1.54, 1.807) is 6.92 Å². The molecule has 3 heteroatoms. The van der Waals surface area contributed by atoms with Crippen molar-refractivity contribution in [2.75, 3.05) is 0 Å². The fourth-order valence-electron chi connectivity index (χ4n) is 3.96. The zero-order chi connectivity index (χ0) is 16.6. The molecule has 0 unspecified atom stereocenters. The van der Waals surface area contributed by atoms with Crippen molar-refractivity contribution in [1.29, 1.82) is 0 Å². The Labute approximate surface area is 138 Å². The number of carbonyl (C=O) groups is 1. The zero-order valence-corrected chi connectivity index (χ0v) is 14.5. The van der Waals surface area contributed by atoms with E-state index < -0.39 is 5.79 Å². The molecule has 1 saturated carbocycles. The van der Waals surface area contributed by atoms with Crippen molar-refractivity contribution < 1.29 is 14.3 Å². The van der Waals surface area contributed by atoms with E-state index in [2.05, 4.69) is 20.8 Å². The molecule has 1 aliphatic heterocycles. The van der Waals surface area contributed by atoms with Crippen molar-refractivity contribution in [3.63, 3.8) is 0 Å². The van der Waals surface area contributed by atoms with Gasteiger partial charge in [0, 0.05) is 17.9 Å².